The van der Waals surface area contributed by atoms with E-state index in [0.29, 0.717) is 28.8 Å². The largest absolute Gasteiger partial charge is 0.438 e. The van der Waals surface area contributed by atoms with E-state index < -0.39 is 5.82 Å². The van der Waals surface area contributed by atoms with Crippen LogP contribution in [0.15, 0.2) is 30.3 Å². The Labute approximate surface area is 180 Å². The fourth-order valence-corrected chi connectivity index (χ4v) is 3.79. The van der Waals surface area contributed by atoms with Crippen LogP contribution in [0, 0.1) is 42.3 Å². The van der Waals surface area contributed by atoms with Crippen molar-refractivity contribution in [3.8, 4) is 23.8 Å². The van der Waals surface area contributed by atoms with Crippen molar-refractivity contribution in [2.75, 3.05) is 5.32 Å². The van der Waals surface area contributed by atoms with Gasteiger partial charge in [-0.3, -0.25) is 0 Å². The summed E-state index contributed by atoms with van der Waals surface area (Å²) in [6.45, 7) is 3.80. The molecule has 2 aromatic carbocycles. The summed E-state index contributed by atoms with van der Waals surface area (Å²) in [5.74, 6) is 0.840. The highest BCUT2D eigenvalue weighted by molar-refractivity contribution is 5.57. The van der Waals surface area contributed by atoms with Crippen molar-refractivity contribution in [2.24, 2.45) is 0 Å². The first-order valence-corrected chi connectivity index (χ1v) is 10.0. The Morgan fingerprint density at radius 1 is 1.00 bits per heavy atom. The van der Waals surface area contributed by atoms with Crippen molar-refractivity contribution in [2.45, 2.75) is 39.5 Å². The van der Waals surface area contributed by atoms with E-state index in [2.05, 4.69) is 21.4 Å². The van der Waals surface area contributed by atoms with Crippen LogP contribution in [0.3, 0.4) is 0 Å². The molecule has 0 amide bonds. The number of aromatic nitrogens is 2. The number of benzene rings is 2. The number of anilines is 2. The average molecular weight is 413 g/mol. The van der Waals surface area contributed by atoms with Gasteiger partial charge in [-0.15, -0.1) is 0 Å². The quantitative estimate of drug-likeness (QED) is 0.616. The third-order valence-electron chi connectivity index (χ3n) is 5.28. The number of halogens is 1. The SMILES string of the molecule is Cc1cc(C#N)cc(C)c1Oc1nc(Nc2ccc(C#N)c(F)c2)nc2c1CCCC2. The third-order valence-corrected chi connectivity index (χ3v) is 5.28. The molecular weight excluding hydrogens is 393 g/mol. The molecule has 0 fully saturated rings. The van der Waals surface area contributed by atoms with Crippen LogP contribution >= 0.6 is 0 Å². The molecule has 1 heterocycles. The minimum atomic E-state index is -0.606. The third kappa shape index (κ3) is 4.17. The minimum absolute atomic E-state index is 0.0206. The highest BCUT2D eigenvalue weighted by Crippen LogP contribution is 2.35. The van der Waals surface area contributed by atoms with Crippen molar-refractivity contribution >= 4 is 11.6 Å². The maximum absolute atomic E-state index is 14.0. The van der Waals surface area contributed by atoms with Gasteiger partial charge in [0.2, 0.25) is 11.8 Å². The fourth-order valence-electron chi connectivity index (χ4n) is 3.79. The zero-order chi connectivity index (χ0) is 22.0. The number of rotatable bonds is 4. The number of nitrogens with one attached hydrogen (secondary N) is 1. The maximum atomic E-state index is 14.0. The number of fused-ring (bicyclic) bond motifs is 1. The van der Waals surface area contributed by atoms with Gasteiger partial charge < -0.3 is 10.1 Å². The average Bonchev–Trinajstić information content (AvgIpc) is 2.76. The van der Waals surface area contributed by atoms with Crippen LogP contribution in [0.4, 0.5) is 16.0 Å². The van der Waals surface area contributed by atoms with Gasteiger partial charge in [-0.1, -0.05) is 0 Å². The lowest BCUT2D eigenvalue weighted by atomic mass is 9.97. The summed E-state index contributed by atoms with van der Waals surface area (Å²) < 4.78 is 20.3. The molecule has 0 saturated heterocycles. The predicted octanol–water partition coefficient (Wildman–Crippen LogP) is 5.39. The van der Waals surface area contributed by atoms with Crippen molar-refractivity contribution in [3.05, 3.63) is 69.7 Å². The van der Waals surface area contributed by atoms with Crippen LogP contribution in [0.25, 0.3) is 0 Å². The van der Waals surface area contributed by atoms with E-state index in [1.807, 2.05) is 19.9 Å². The first-order chi connectivity index (χ1) is 15.0. The van der Waals surface area contributed by atoms with E-state index in [-0.39, 0.29) is 5.56 Å². The molecule has 0 spiro atoms. The molecule has 1 aliphatic carbocycles. The number of nitriles is 2. The van der Waals surface area contributed by atoms with Crippen molar-refractivity contribution in [1.82, 2.24) is 9.97 Å². The van der Waals surface area contributed by atoms with Crippen LogP contribution in [-0.4, -0.2) is 9.97 Å². The smallest absolute Gasteiger partial charge is 0.230 e. The van der Waals surface area contributed by atoms with Gasteiger partial charge in [0.05, 0.1) is 22.9 Å². The summed E-state index contributed by atoms with van der Waals surface area (Å²) in [5.41, 5.74) is 4.60. The lowest BCUT2D eigenvalue weighted by Gasteiger charge is -2.20. The normalized spacial score (nSPS) is 12.4. The van der Waals surface area contributed by atoms with Gasteiger partial charge in [0.25, 0.3) is 0 Å². The molecule has 0 bridgehead atoms. The van der Waals surface area contributed by atoms with Crippen LogP contribution in [0.5, 0.6) is 11.6 Å². The van der Waals surface area contributed by atoms with Gasteiger partial charge in [0.15, 0.2) is 0 Å². The Hall–Kier alpha value is -3.97. The summed E-state index contributed by atoms with van der Waals surface area (Å²) in [5, 5.41) is 21.1. The molecule has 4 rings (SSSR count). The molecule has 7 heteroatoms. The van der Waals surface area contributed by atoms with E-state index in [9.17, 15) is 9.65 Å². The topological polar surface area (TPSA) is 94.6 Å². The fraction of sp³-hybridized carbons (Fsp3) is 0.250. The number of aryl methyl sites for hydroxylation is 3. The van der Waals surface area contributed by atoms with E-state index in [4.69, 9.17) is 10.00 Å². The monoisotopic (exact) mass is 413 g/mol. The Kier molecular flexibility index (Phi) is 5.51. The molecule has 1 aromatic heterocycles. The van der Waals surface area contributed by atoms with Crippen molar-refractivity contribution < 1.29 is 9.13 Å². The molecule has 0 atom stereocenters. The second kappa shape index (κ2) is 8.41. The summed E-state index contributed by atoms with van der Waals surface area (Å²) in [6, 6.07) is 11.8. The molecule has 154 valence electrons. The van der Waals surface area contributed by atoms with E-state index in [0.717, 1.165) is 48.1 Å². The molecule has 0 saturated carbocycles. The summed E-state index contributed by atoms with van der Waals surface area (Å²) >= 11 is 0. The Balaban J connectivity index is 1.72. The molecule has 0 unspecified atom stereocenters. The van der Waals surface area contributed by atoms with Crippen molar-refractivity contribution in [1.29, 1.82) is 10.5 Å². The molecule has 0 radical (unpaired) electrons. The number of nitrogens with zero attached hydrogens (tertiary/aromatic N) is 4. The van der Waals surface area contributed by atoms with Gasteiger partial charge in [-0.05, 0) is 81.0 Å². The Morgan fingerprint density at radius 3 is 2.42 bits per heavy atom. The zero-order valence-electron chi connectivity index (χ0n) is 17.3. The van der Waals surface area contributed by atoms with Crippen LogP contribution in [0.1, 0.15) is 46.4 Å². The molecule has 0 aliphatic heterocycles. The van der Waals surface area contributed by atoms with Gasteiger partial charge in [-0.25, -0.2) is 9.37 Å². The lowest BCUT2D eigenvalue weighted by Crippen LogP contribution is -2.12. The van der Waals surface area contributed by atoms with Gasteiger partial charge in [0.1, 0.15) is 17.6 Å². The van der Waals surface area contributed by atoms with E-state index in [1.165, 1.54) is 12.1 Å². The second-order valence-corrected chi connectivity index (χ2v) is 7.57. The minimum Gasteiger partial charge on any atom is -0.438 e. The van der Waals surface area contributed by atoms with Crippen molar-refractivity contribution in [3.63, 3.8) is 0 Å². The van der Waals surface area contributed by atoms with Crippen LogP contribution in [0.2, 0.25) is 0 Å². The van der Waals surface area contributed by atoms with Gasteiger partial charge in [0, 0.05) is 11.3 Å². The number of hydrogen-bond acceptors (Lipinski definition) is 6. The zero-order valence-corrected chi connectivity index (χ0v) is 17.3. The Morgan fingerprint density at radius 2 is 1.74 bits per heavy atom. The van der Waals surface area contributed by atoms with Crippen LogP contribution in [-0.2, 0) is 12.8 Å². The van der Waals surface area contributed by atoms with E-state index in [1.54, 1.807) is 18.2 Å². The van der Waals surface area contributed by atoms with Gasteiger partial charge in [-0.2, -0.15) is 15.5 Å². The molecular formula is C24H20FN5O. The number of ether oxygens (including phenoxy) is 1. The summed E-state index contributed by atoms with van der Waals surface area (Å²) in [6.07, 6.45) is 3.70. The number of hydrogen-bond donors (Lipinski definition) is 1. The molecule has 31 heavy (non-hydrogen) atoms. The highest BCUT2D eigenvalue weighted by atomic mass is 19.1. The molecule has 6 nitrogen and oxygen atoms in total. The molecule has 3 aromatic rings. The Bertz CT molecular complexity index is 1230. The maximum Gasteiger partial charge on any atom is 0.230 e. The van der Waals surface area contributed by atoms with E-state index >= 15 is 0 Å². The van der Waals surface area contributed by atoms with Gasteiger partial charge >= 0.3 is 0 Å². The summed E-state index contributed by atoms with van der Waals surface area (Å²) in [4.78, 5) is 9.20. The van der Waals surface area contributed by atoms with Crippen LogP contribution < -0.4 is 10.1 Å². The predicted molar refractivity (Wildman–Crippen MR) is 114 cm³/mol. The molecule has 1 N–H and O–H groups in total. The second-order valence-electron chi connectivity index (χ2n) is 7.57. The lowest BCUT2D eigenvalue weighted by molar-refractivity contribution is 0.442. The first kappa shape index (κ1) is 20.3. The molecule has 1 aliphatic rings. The standard InChI is InChI=1S/C24H20FN5O/c1-14-9-16(12-26)10-15(2)22(14)31-23-19-5-3-4-6-21(19)29-24(30-23)28-18-8-7-17(13-27)20(25)11-18/h7-11H,3-6H2,1-2H3,(H,28,29,30). The highest BCUT2D eigenvalue weighted by Gasteiger charge is 2.21. The first-order valence-electron chi connectivity index (χ1n) is 10.0. The summed E-state index contributed by atoms with van der Waals surface area (Å²) in [7, 11) is 0.